The van der Waals surface area contributed by atoms with Gasteiger partial charge < -0.3 is 5.32 Å². The predicted molar refractivity (Wildman–Crippen MR) is 72.1 cm³/mol. The molecule has 1 saturated carbocycles. The first kappa shape index (κ1) is 11.3. The summed E-state index contributed by atoms with van der Waals surface area (Å²) in [5, 5.41) is 3.90. The monoisotopic (exact) mass is 229 g/mol. The number of benzene rings is 1. The van der Waals surface area contributed by atoms with Crippen LogP contribution in [-0.2, 0) is 6.42 Å². The summed E-state index contributed by atoms with van der Waals surface area (Å²) in [7, 11) is 0. The quantitative estimate of drug-likeness (QED) is 0.812. The van der Waals surface area contributed by atoms with Gasteiger partial charge in [-0.05, 0) is 55.6 Å². The Morgan fingerprint density at radius 3 is 2.82 bits per heavy atom. The van der Waals surface area contributed by atoms with E-state index in [-0.39, 0.29) is 0 Å². The van der Waals surface area contributed by atoms with Gasteiger partial charge in [-0.15, -0.1) is 0 Å². The maximum atomic E-state index is 3.90. The van der Waals surface area contributed by atoms with Crippen molar-refractivity contribution in [1.29, 1.82) is 0 Å². The number of rotatable bonds is 2. The normalized spacial score (nSPS) is 32.4. The van der Waals surface area contributed by atoms with Crippen molar-refractivity contribution in [1.82, 2.24) is 5.32 Å². The predicted octanol–water partition coefficient (Wildman–Crippen LogP) is 3.84. The van der Waals surface area contributed by atoms with Crippen LogP contribution in [0.2, 0.25) is 0 Å². The van der Waals surface area contributed by atoms with E-state index in [0.717, 1.165) is 12.0 Å². The molecule has 0 spiro atoms. The van der Waals surface area contributed by atoms with Crippen LogP contribution in [-0.4, -0.2) is 6.04 Å². The molecule has 3 rings (SSSR count). The summed E-state index contributed by atoms with van der Waals surface area (Å²) < 4.78 is 0. The van der Waals surface area contributed by atoms with Crippen molar-refractivity contribution in [3.8, 4) is 0 Å². The third-order valence-corrected chi connectivity index (χ3v) is 4.50. The van der Waals surface area contributed by atoms with Crippen molar-refractivity contribution in [3.05, 3.63) is 35.4 Å². The molecule has 0 aliphatic heterocycles. The Balaban J connectivity index is 1.72. The molecule has 17 heavy (non-hydrogen) atoms. The molecule has 3 atom stereocenters. The first-order valence-corrected chi connectivity index (χ1v) is 7.17. The van der Waals surface area contributed by atoms with Crippen molar-refractivity contribution in [2.45, 2.75) is 57.5 Å². The van der Waals surface area contributed by atoms with Gasteiger partial charge in [0.15, 0.2) is 0 Å². The average molecular weight is 229 g/mol. The smallest absolute Gasteiger partial charge is 0.0325 e. The molecular weight excluding hydrogens is 206 g/mol. The Hall–Kier alpha value is -0.820. The van der Waals surface area contributed by atoms with E-state index in [1.165, 1.54) is 38.5 Å². The van der Waals surface area contributed by atoms with E-state index in [4.69, 9.17) is 0 Å². The first-order chi connectivity index (χ1) is 8.33. The van der Waals surface area contributed by atoms with Crippen LogP contribution in [0.5, 0.6) is 0 Å². The number of hydrogen-bond donors (Lipinski definition) is 1. The third kappa shape index (κ3) is 2.40. The average Bonchev–Trinajstić information content (AvgIpc) is 2.75. The summed E-state index contributed by atoms with van der Waals surface area (Å²) in [6.07, 6.45) is 8.10. The molecule has 1 nitrogen and oxygen atoms in total. The Morgan fingerprint density at radius 1 is 1.12 bits per heavy atom. The first-order valence-electron chi connectivity index (χ1n) is 7.17. The summed E-state index contributed by atoms with van der Waals surface area (Å²) in [4.78, 5) is 0. The number of nitrogens with one attached hydrogen (secondary N) is 1. The molecular formula is C16H23N. The number of fused-ring (bicyclic) bond motifs is 1. The zero-order valence-electron chi connectivity index (χ0n) is 10.8. The second-order valence-corrected chi connectivity index (χ2v) is 5.93. The summed E-state index contributed by atoms with van der Waals surface area (Å²) in [5.74, 6) is 0.923. The fourth-order valence-electron chi connectivity index (χ4n) is 3.57. The summed E-state index contributed by atoms with van der Waals surface area (Å²) in [5.41, 5.74) is 3.14. The molecule has 0 bridgehead atoms. The van der Waals surface area contributed by atoms with Gasteiger partial charge in [-0.2, -0.15) is 0 Å². The molecule has 1 heteroatoms. The van der Waals surface area contributed by atoms with Gasteiger partial charge in [0.25, 0.3) is 0 Å². The summed E-state index contributed by atoms with van der Waals surface area (Å²) in [6, 6.07) is 10.4. The molecule has 92 valence electrons. The van der Waals surface area contributed by atoms with E-state index in [0.29, 0.717) is 6.04 Å². The lowest BCUT2D eigenvalue weighted by atomic mass is 9.87. The van der Waals surface area contributed by atoms with Crippen LogP contribution in [0, 0.1) is 5.92 Å². The van der Waals surface area contributed by atoms with Gasteiger partial charge in [0.05, 0.1) is 0 Å². The standard InChI is InChI=1S/C16H23N/c1-12-9-10-14(11-12)17-16-8-4-6-13-5-2-3-7-15(13)16/h2-3,5,7,12,14,16-17H,4,6,8-11H2,1H3. The van der Waals surface area contributed by atoms with Crippen molar-refractivity contribution in [2.75, 3.05) is 0 Å². The van der Waals surface area contributed by atoms with Gasteiger partial charge >= 0.3 is 0 Å². The van der Waals surface area contributed by atoms with Gasteiger partial charge in [-0.3, -0.25) is 0 Å². The second kappa shape index (κ2) is 4.81. The highest BCUT2D eigenvalue weighted by Crippen LogP contribution is 2.33. The van der Waals surface area contributed by atoms with Crippen LogP contribution in [0.15, 0.2) is 24.3 Å². The Kier molecular flexibility index (Phi) is 3.19. The molecule has 0 radical (unpaired) electrons. The van der Waals surface area contributed by atoms with Gasteiger partial charge in [0.2, 0.25) is 0 Å². The van der Waals surface area contributed by atoms with Crippen molar-refractivity contribution < 1.29 is 0 Å². The molecule has 0 heterocycles. The van der Waals surface area contributed by atoms with Crippen molar-refractivity contribution >= 4 is 0 Å². The van der Waals surface area contributed by atoms with Crippen LogP contribution in [0.3, 0.4) is 0 Å². The molecule has 1 aromatic rings. The van der Waals surface area contributed by atoms with Crippen molar-refractivity contribution in [3.63, 3.8) is 0 Å². The van der Waals surface area contributed by atoms with Gasteiger partial charge in [0, 0.05) is 12.1 Å². The fraction of sp³-hybridized carbons (Fsp3) is 0.625. The van der Waals surface area contributed by atoms with E-state index < -0.39 is 0 Å². The molecule has 3 unspecified atom stereocenters. The van der Waals surface area contributed by atoms with E-state index >= 15 is 0 Å². The number of aryl methyl sites for hydroxylation is 1. The van der Waals surface area contributed by atoms with E-state index in [1.807, 2.05) is 0 Å². The highest BCUT2D eigenvalue weighted by Gasteiger charge is 2.26. The summed E-state index contributed by atoms with van der Waals surface area (Å²) in [6.45, 7) is 2.39. The second-order valence-electron chi connectivity index (χ2n) is 5.93. The minimum atomic E-state index is 0.621. The van der Waals surface area contributed by atoms with Crippen LogP contribution < -0.4 is 5.32 Å². The van der Waals surface area contributed by atoms with Crippen LogP contribution in [0.25, 0.3) is 0 Å². The topological polar surface area (TPSA) is 12.0 Å². The van der Waals surface area contributed by atoms with Gasteiger partial charge in [-0.1, -0.05) is 31.2 Å². The lowest BCUT2D eigenvalue weighted by molar-refractivity contribution is 0.391. The lowest BCUT2D eigenvalue weighted by Crippen LogP contribution is -2.33. The lowest BCUT2D eigenvalue weighted by Gasteiger charge is -2.29. The maximum absolute atomic E-state index is 3.90. The van der Waals surface area contributed by atoms with Crippen LogP contribution in [0.4, 0.5) is 0 Å². The van der Waals surface area contributed by atoms with Gasteiger partial charge in [0.1, 0.15) is 0 Å². The van der Waals surface area contributed by atoms with E-state index in [2.05, 4.69) is 36.5 Å². The molecule has 0 aromatic heterocycles. The minimum Gasteiger partial charge on any atom is -0.307 e. The minimum absolute atomic E-state index is 0.621. The van der Waals surface area contributed by atoms with Crippen molar-refractivity contribution in [2.24, 2.45) is 5.92 Å². The van der Waals surface area contributed by atoms with E-state index in [9.17, 15) is 0 Å². The highest BCUT2D eigenvalue weighted by atomic mass is 15.0. The Labute approximate surface area is 105 Å². The third-order valence-electron chi connectivity index (χ3n) is 4.50. The zero-order valence-corrected chi connectivity index (χ0v) is 10.8. The fourth-order valence-corrected chi connectivity index (χ4v) is 3.57. The zero-order chi connectivity index (χ0) is 11.7. The molecule has 1 fully saturated rings. The molecule has 1 aromatic carbocycles. The maximum Gasteiger partial charge on any atom is 0.0325 e. The molecule has 2 aliphatic carbocycles. The SMILES string of the molecule is CC1CCC(NC2CCCc3ccccc32)C1. The largest absolute Gasteiger partial charge is 0.307 e. The van der Waals surface area contributed by atoms with Gasteiger partial charge in [-0.25, -0.2) is 0 Å². The Morgan fingerprint density at radius 2 is 2.00 bits per heavy atom. The summed E-state index contributed by atoms with van der Waals surface area (Å²) >= 11 is 0. The molecule has 0 amide bonds. The van der Waals surface area contributed by atoms with Crippen LogP contribution >= 0.6 is 0 Å². The molecule has 1 N–H and O–H groups in total. The highest BCUT2D eigenvalue weighted by molar-refractivity contribution is 5.32. The van der Waals surface area contributed by atoms with Crippen LogP contribution in [0.1, 0.15) is 56.2 Å². The number of hydrogen-bond acceptors (Lipinski definition) is 1. The Bertz CT molecular complexity index is 385. The molecule has 0 saturated heterocycles. The van der Waals surface area contributed by atoms with E-state index in [1.54, 1.807) is 11.1 Å². The molecule has 2 aliphatic rings.